The van der Waals surface area contributed by atoms with E-state index in [4.69, 9.17) is 4.74 Å². The molecule has 5 nitrogen and oxygen atoms in total. The van der Waals surface area contributed by atoms with Gasteiger partial charge in [-0.3, -0.25) is 14.4 Å². The maximum absolute atomic E-state index is 13.1. The molecule has 27 heavy (non-hydrogen) atoms. The van der Waals surface area contributed by atoms with Gasteiger partial charge in [-0.2, -0.15) is 0 Å². The molecule has 1 aliphatic rings. The quantitative estimate of drug-likeness (QED) is 0.583. The number of imide groups is 1. The summed E-state index contributed by atoms with van der Waals surface area (Å²) in [6, 6.07) is 16.6. The van der Waals surface area contributed by atoms with Gasteiger partial charge in [-0.05, 0) is 31.5 Å². The molecule has 2 aromatic carbocycles. The monoisotopic (exact) mass is 363 g/mol. The van der Waals surface area contributed by atoms with E-state index in [1.165, 1.54) is 0 Å². The van der Waals surface area contributed by atoms with Crippen molar-refractivity contribution >= 4 is 23.5 Å². The van der Waals surface area contributed by atoms with E-state index in [1.807, 2.05) is 49.4 Å². The fourth-order valence-electron chi connectivity index (χ4n) is 3.07. The summed E-state index contributed by atoms with van der Waals surface area (Å²) in [6.07, 6.45) is 0.0887. The lowest BCUT2D eigenvalue weighted by Gasteiger charge is -2.15. The number of benzene rings is 2. The molecule has 0 saturated heterocycles. The molecule has 138 valence electrons. The molecule has 0 aliphatic carbocycles. The van der Waals surface area contributed by atoms with Crippen molar-refractivity contribution in [3.8, 4) is 0 Å². The van der Waals surface area contributed by atoms with E-state index >= 15 is 0 Å². The molecule has 0 spiro atoms. The standard InChI is InChI=1S/C22H21NO4/c1-3-27-20(24)14-19-18(13-16-7-5-4-6-8-16)21(25)23(22(19)26)17-11-9-15(2)10-12-17/h4-12H,3,13-14H2,1-2H3. The highest BCUT2D eigenvalue weighted by Gasteiger charge is 2.39. The highest BCUT2D eigenvalue weighted by atomic mass is 16.5. The highest BCUT2D eigenvalue weighted by Crippen LogP contribution is 2.31. The second kappa shape index (κ2) is 7.99. The van der Waals surface area contributed by atoms with Crippen molar-refractivity contribution in [2.45, 2.75) is 26.7 Å². The first-order valence-electron chi connectivity index (χ1n) is 8.88. The molecule has 1 aliphatic heterocycles. The smallest absolute Gasteiger partial charge is 0.310 e. The van der Waals surface area contributed by atoms with Gasteiger partial charge in [-0.25, -0.2) is 4.90 Å². The Balaban J connectivity index is 1.97. The van der Waals surface area contributed by atoms with Crippen LogP contribution in [0.2, 0.25) is 0 Å². The topological polar surface area (TPSA) is 63.7 Å². The summed E-state index contributed by atoms with van der Waals surface area (Å²) < 4.78 is 4.99. The Hall–Kier alpha value is -3.21. The summed E-state index contributed by atoms with van der Waals surface area (Å²) in [5, 5.41) is 0. The summed E-state index contributed by atoms with van der Waals surface area (Å²) in [5.41, 5.74) is 2.99. The average molecular weight is 363 g/mol. The van der Waals surface area contributed by atoms with Crippen molar-refractivity contribution in [2.75, 3.05) is 11.5 Å². The first kappa shape index (κ1) is 18.6. The molecular formula is C22H21NO4. The fraction of sp³-hybridized carbons (Fsp3) is 0.227. The van der Waals surface area contributed by atoms with Crippen LogP contribution in [-0.4, -0.2) is 24.4 Å². The van der Waals surface area contributed by atoms with Gasteiger partial charge in [0.05, 0.1) is 18.7 Å². The van der Waals surface area contributed by atoms with Crippen LogP contribution in [0, 0.1) is 6.92 Å². The third-order valence-electron chi connectivity index (χ3n) is 4.43. The summed E-state index contributed by atoms with van der Waals surface area (Å²) in [5.74, 6) is -1.35. The summed E-state index contributed by atoms with van der Waals surface area (Å²) >= 11 is 0. The van der Waals surface area contributed by atoms with Crippen LogP contribution in [0.1, 0.15) is 24.5 Å². The fourth-order valence-corrected chi connectivity index (χ4v) is 3.07. The lowest BCUT2D eigenvalue weighted by molar-refractivity contribution is -0.142. The van der Waals surface area contributed by atoms with Crippen molar-refractivity contribution in [3.05, 3.63) is 76.9 Å². The number of ether oxygens (including phenoxy) is 1. The summed E-state index contributed by atoms with van der Waals surface area (Å²) in [7, 11) is 0. The van der Waals surface area contributed by atoms with Crippen molar-refractivity contribution in [1.29, 1.82) is 0 Å². The van der Waals surface area contributed by atoms with E-state index in [1.54, 1.807) is 19.1 Å². The van der Waals surface area contributed by atoms with Crippen LogP contribution in [0.3, 0.4) is 0 Å². The second-order valence-corrected chi connectivity index (χ2v) is 6.38. The Bertz CT molecular complexity index is 898. The van der Waals surface area contributed by atoms with Gasteiger partial charge in [0, 0.05) is 17.6 Å². The Morgan fingerprint density at radius 3 is 2.19 bits per heavy atom. The van der Waals surface area contributed by atoms with Gasteiger partial charge in [-0.15, -0.1) is 0 Å². The molecule has 0 saturated carbocycles. The number of esters is 1. The Labute approximate surface area is 158 Å². The van der Waals surface area contributed by atoms with Crippen LogP contribution < -0.4 is 4.90 Å². The molecule has 0 atom stereocenters. The van der Waals surface area contributed by atoms with E-state index < -0.39 is 11.9 Å². The van der Waals surface area contributed by atoms with Crippen molar-refractivity contribution < 1.29 is 19.1 Å². The molecule has 2 amide bonds. The van der Waals surface area contributed by atoms with Crippen LogP contribution in [0.25, 0.3) is 0 Å². The van der Waals surface area contributed by atoms with Crippen molar-refractivity contribution in [1.82, 2.24) is 0 Å². The van der Waals surface area contributed by atoms with E-state index in [-0.39, 0.29) is 24.5 Å². The van der Waals surface area contributed by atoms with E-state index in [2.05, 4.69) is 0 Å². The van der Waals surface area contributed by atoms with Gasteiger partial charge >= 0.3 is 5.97 Å². The molecule has 5 heteroatoms. The molecule has 3 rings (SSSR count). The predicted molar refractivity (Wildman–Crippen MR) is 102 cm³/mol. The lowest BCUT2D eigenvalue weighted by Crippen LogP contribution is -2.32. The zero-order chi connectivity index (χ0) is 19.4. The van der Waals surface area contributed by atoms with Gasteiger partial charge in [0.1, 0.15) is 0 Å². The summed E-state index contributed by atoms with van der Waals surface area (Å²) in [4.78, 5) is 39.2. The zero-order valence-corrected chi connectivity index (χ0v) is 15.4. The Kier molecular flexibility index (Phi) is 5.50. The van der Waals surface area contributed by atoms with Crippen LogP contribution in [0.15, 0.2) is 65.7 Å². The van der Waals surface area contributed by atoms with Crippen LogP contribution in [-0.2, 0) is 25.5 Å². The Morgan fingerprint density at radius 1 is 0.926 bits per heavy atom. The first-order valence-corrected chi connectivity index (χ1v) is 8.88. The third kappa shape index (κ3) is 3.97. The third-order valence-corrected chi connectivity index (χ3v) is 4.43. The van der Waals surface area contributed by atoms with Crippen molar-refractivity contribution in [2.24, 2.45) is 0 Å². The Morgan fingerprint density at radius 2 is 1.56 bits per heavy atom. The number of anilines is 1. The molecule has 0 fully saturated rings. The van der Waals surface area contributed by atoms with Crippen LogP contribution in [0.5, 0.6) is 0 Å². The predicted octanol–water partition coefficient (Wildman–Crippen LogP) is 3.36. The maximum atomic E-state index is 13.1. The van der Waals surface area contributed by atoms with Crippen LogP contribution >= 0.6 is 0 Å². The van der Waals surface area contributed by atoms with Gasteiger partial charge < -0.3 is 4.74 Å². The summed E-state index contributed by atoms with van der Waals surface area (Å²) in [6.45, 7) is 3.87. The second-order valence-electron chi connectivity index (χ2n) is 6.38. The molecule has 0 radical (unpaired) electrons. The molecule has 0 unspecified atom stereocenters. The number of amides is 2. The van der Waals surface area contributed by atoms with Crippen LogP contribution in [0.4, 0.5) is 5.69 Å². The van der Waals surface area contributed by atoms with Gasteiger partial charge in [-0.1, -0.05) is 48.0 Å². The SMILES string of the molecule is CCOC(=O)CC1=C(Cc2ccccc2)C(=O)N(c2ccc(C)cc2)C1=O. The molecule has 2 aromatic rings. The largest absolute Gasteiger partial charge is 0.466 e. The number of rotatable bonds is 6. The van der Waals surface area contributed by atoms with Gasteiger partial charge in [0.2, 0.25) is 0 Å². The van der Waals surface area contributed by atoms with Gasteiger partial charge in [0.25, 0.3) is 11.8 Å². The van der Waals surface area contributed by atoms with Crippen molar-refractivity contribution in [3.63, 3.8) is 0 Å². The molecule has 1 heterocycles. The van der Waals surface area contributed by atoms with E-state index in [9.17, 15) is 14.4 Å². The maximum Gasteiger partial charge on any atom is 0.310 e. The average Bonchev–Trinajstić information content (AvgIpc) is 2.88. The minimum absolute atomic E-state index is 0.205. The lowest BCUT2D eigenvalue weighted by atomic mass is 10.00. The number of aryl methyl sites for hydroxylation is 1. The molecular weight excluding hydrogens is 342 g/mol. The van der Waals surface area contributed by atoms with Gasteiger partial charge in [0.15, 0.2) is 0 Å². The molecule has 0 N–H and O–H groups in total. The first-order chi connectivity index (χ1) is 13.0. The minimum atomic E-state index is -0.509. The minimum Gasteiger partial charge on any atom is -0.466 e. The van der Waals surface area contributed by atoms with E-state index in [0.717, 1.165) is 16.0 Å². The highest BCUT2D eigenvalue weighted by molar-refractivity contribution is 6.33. The molecule has 0 bridgehead atoms. The molecule has 0 aromatic heterocycles. The number of carbonyl (C=O) groups excluding carboxylic acids is 3. The number of hydrogen-bond donors (Lipinski definition) is 0. The number of carbonyl (C=O) groups is 3. The zero-order valence-electron chi connectivity index (χ0n) is 15.4. The number of nitrogens with zero attached hydrogens (tertiary/aromatic N) is 1. The normalized spacial score (nSPS) is 14.1. The van der Waals surface area contributed by atoms with E-state index in [0.29, 0.717) is 17.7 Å². The number of hydrogen-bond acceptors (Lipinski definition) is 4.